The lowest BCUT2D eigenvalue weighted by Gasteiger charge is -2.13. The minimum atomic E-state index is -3.18. The van der Waals surface area contributed by atoms with Gasteiger partial charge in [-0.05, 0) is 51.5 Å². The van der Waals surface area contributed by atoms with Gasteiger partial charge in [0.05, 0.1) is 0 Å². The second-order valence-electron chi connectivity index (χ2n) is 6.57. The van der Waals surface area contributed by atoms with Crippen LogP contribution < -0.4 is 5.32 Å². The largest absolute Gasteiger partial charge is 0.332 e. The van der Waals surface area contributed by atoms with Crippen LogP contribution in [0.15, 0.2) is 30.5 Å². The quantitative estimate of drug-likeness (QED) is 0.875. The number of fused-ring (bicyclic) bond motifs is 1. The fourth-order valence-electron chi connectivity index (χ4n) is 3.22. The Morgan fingerprint density at radius 2 is 2.09 bits per heavy atom. The predicted molar refractivity (Wildman–Crippen MR) is 94.1 cm³/mol. The summed E-state index contributed by atoms with van der Waals surface area (Å²) in [6.07, 6.45) is 4.59. The Hall–Kier alpha value is -1.37. The minimum absolute atomic E-state index is 0.0488. The van der Waals surface area contributed by atoms with E-state index in [-0.39, 0.29) is 5.88 Å². The molecule has 2 aromatic rings. The van der Waals surface area contributed by atoms with Crippen LogP contribution in [0.3, 0.4) is 0 Å². The molecule has 1 N–H and O–H groups in total. The summed E-state index contributed by atoms with van der Waals surface area (Å²) in [5, 5.41) is 3.87. The number of rotatable bonds is 6. The van der Waals surface area contributed by atoms with Gasteiger partial charge in [0.25, 0.3) is 0 Å². The molecular weight excluding hydrogens is 310 g/mol. The molecule has 1 fully saturated rings. The number of nitrogens with one attached hydrogen (secondary N) is 1. The van der Waals surface area contributed by atoms with Gasteiger partial charge in [0.1, 0.15) is 11.3 Å². The monoisotopic (exact) mass is 335 g/mol. The van der Waals surface area contributed by atoms with Crippen LogP contribution >= 0.6 is 0 Å². The SMILES string of the molecule is CN(C)CCc1cn(CS(=O)(=O)C2CCCN2)c2ccccc12. The molecule has 1 atom stereocenters. The van der Waals surface area contributed by atoms with Gasteiger partial charge in [-0.15, -0.1) is 0 Å². The molecule has 23 heavy (non-hydrogen) atoms. The first kappa shape index (κ1) is 16.5. The zero-order chi connectivity index (χ0) is 16.4. The highest BCUT2D eigenvalue weighted by Crippen LogP contribution is 2.24. The lowest BCUT2D eigenvalue weighted by Crippen LogP contribution is -2.33. The van der Waals surface area contributed by atoms with Gasteiger partial charge >= 0.3 is 0 Å². The molecule has 0 amide bonds. The highest BCUT2D eigenvalue weighted by atomic mass is 32.2. The number of para-hydroxylation sites is 1. The summed E-state index contributed by atoms with van der Waals surface area (Å²) in [5.74, 6) is 0.0488. The van der Waals surface area contributed by atoms with Gasteiger partial charge in [-0.3, -0.25) is 0 Å². The maximum atomic E-state index is 12.6. The van der Waals surface area contributed by atoms with E-state index in [4.69, 9.17) is 0 Å². The Balaban J connectivity index is 1.91. The number of nitrogens with zero attached hydrogens (tertiary/aromatic N) is 2. The molecule has 1 aromatic heterocycles. The number of sulfone groups is 1. The first-order valence-electron chi connectivity index (χ1n) is 8.14. The average molecular weight is 335 g/mol. The van der Waals surface area contributed by atoms with Crippen molar-refractivity contribution in [2.45, 2.75) is 30.5 Å². The molecule has 2 heterocycles. The Bertz CT molecular complexity index is 774. The molecule has 5 nitrogen and oxygen atoms in total. The van der Waals surface area contributed by atoms with Crippen LogP contribution in [-0.4, -0.2) is 50.4 Å². The maximum absolute atomic E-state index is 12.6. The van der Waals surface area contributed by atoms with Gasteiger partial charge in [-0.25, -0.2) is 8.42 Å². The van der Waals surface area contributed by atoms with Crippen molar-refractivity contribution in [3.63, 3.8) is 0 Å². The average Bonchev–Trinajstić information content (AvgIpc) is 3.14. The molecule has 1 aromatic carbocycles. The topological polar surface area (TPSA) is 54.3 Å². The Kier molecular flexibility index (Phi) is 4.75. The van der Waals surface area contributed by atoms with Crippen LogP contribution in [0.4, 0.5) is 0 Å². The Morgan fingerprint density at radius 1 is 1.30 bits per heavy atom. The maximum Gasteiger partial charge on any atom is 0.184 e. The number of likely N-dealkylation sites (N-methyl/N-ethyl adjacent to an activating group) is 1. The first-order chi connectivity index (χ1) is 11.0. The molecule has 1 unspecified atom stereocenters. The van der Waals surface area contributed by atoms with Gasteiger partial charge in [-0.1, -0.05) is 18.2 Å². The molecule has 1 aliphatic heterocycles. The van der Waals surface area contributed by atoms with Crippen LogP contribution in [0.25, 0.3) is 10.9 Å². The molecule has 0 radical (unpaired) electrons. The van der Waals surface area contributed by atoms with Gasteiger partial charge in [0.15, 0.2) is 9.84 Å². The van der Waals surface area contributed by atoms with Crippen molar-refractivity contribution in [2.75, 3.05) is 27.2 Å². The number of benzene rings is 1. The van der Waals surface area contributed by atoms with Crippen molar-refractivity contribution in [2.24, 2.45) is 0 Å². The third kappa shape index (κ3) is 3.59. The van der Waals surface area contributed by atoms with Crippen LogP contribution in [-0.2, 0) is 22.1 Å². The van der Waals surface area contributed by atoms with Crippen LogP contribution in [0.2, 0.25) is 0 Å². The van der Waals surface area contributed by atoms with Crippen molar-refractivity contribution in [3.8, 4) is 0 Å². The molecule has 126 valence electrons. The van der Waals surface area contributed by atoms with Crippen molar-refractivity contribution in [1.29, 1.82) is 0 Å². The standard InChI is InChI=1S/C17H25N3O2S/c1-19(2)11-9-14-12-20(16-7-4-3-6-15(14)16)13-23(21,22)17-8-5-10-18-17/h3-4,6-7,12,17-18H,5,8-11,13H2,1-2H3. The molecule has 0 bridgehead atoms. The lowest BCUT2D eigenvalue weighted by molar-refractivity contribution is 0.414. The van der Waals surface area contributed by atoms with E-state index in [0.29, 0.717) is 0 Å². The fourth-order valence-corrected chi connectivity index (χ4v) is 4.89. The van der Waals surface area contributed by atoms with Crippen molar-refractivity contribution in [1.82, 2.24) is 14.8 Å². The molecule has 0 saturated carbocycles. The number of hydrogen-bond acceptors (Lipinski definition) is 4. The molecule has 3 rings (SSSR count). The predicted octanol–water partition coefficient (Wildman–Crippen LogP) is 1.83. The van der Waals surface area contributed by atoms with Crippen LogP contribution in [0.5, 0.6) is 0 Å². The van der Waals surface area contributed by atoms with Crippen molar-refractivity contribution >= 4 is 20.7 Å². The van der Waals surface area contributed by atoms with E-state index < -0.39 is 15.2 Å². The second-order valence-corrected chi connectivity index (χ2v) is 8.72. The highest BCUT2D eigenvalue weighted by Gasteiger charge is 2.29. The number of hydrogen-bond donors (Lipinski definition) is 1. The zero-order valence-corrected chi connectivity index (χ0v) is 14.6. The smallest absolute Gasteiger partial charge is 0.184 e. The third-order valence-electron chi connectivity index (χ3n) is 4.47. The Labute approximate surface area is 138 Å². The van der Waals surface area contributed by atoms with Gasteiger partial charge in [-0.2, -0.15) is 0 Å². The van der Waals surface area contributed by atoms with E-state index in [0.717, 1.165) is 43.3 Å². The van der Waals surface area contributed by atoms with Crippen molar-refractivity contribution < 1.29 is 8.42 Å². The summed E-state index contributed by atoms with van der Waals surface area (Å²) in [6, 6.07) is 8.07. The van der Waals surface area contributed by atoms with Crippen molar-refractivity contribution in [3.05, 3.63) is 36.0 Å². The normalized spacial score (nSPS) is 19.0. The molecular formula is C17H25N3O2S. The lowest BCUT2D eigenvalue weighted by atomic mass is 10.1. The number of aromatic nitrogens is 1. The summed E-state index contributed by atoms with van der Waals surface area (Å²) in [6.45, 7) is 1.75. The van der Waals surface area contributed by atoms with Gasteiger partial charge < -0.3 is 14.8 Å². The first-order valence-corrected chi connectivity index (χ1v) is 9.85. The summed E-state index contributed by atoms with van der Waals surface area (Å²) in [7, 11) is 0.921. The highest BCUT2D eigenvalue weighted by molar-refractivity contribution is 7.91. The molecule has 1 aliphatic rings. The summed E-state index contributed by atoms with van der Waals surface area (Å²) in [5.41, 5.74) is 2.21. The summed E-state index contributed by atoms with van der Waals surface area (Å²) < 4.78 is 27.2. The van der Waals surface area contributed by atoms with Gasteiger partial charge in [0.2, 0.25) is 0 Å². The molecule has 0 aliphatic carbocycles. The summed E-state index contributed by atoms with van der Waals surface area (Å²) in [4.78, 5) is 2.14. The minimum Gasteiger partial charge on any atom is -0.332 e. The second kappa shape index (κ2) is 6.63. The van der Waals surface area contributed by atoms with Crippen LogP contribution in [0.1, 0.15) is 18.4 Å². The van der Waals surface area contributed by atoms with E-state index in [1.807, 2.05) is 29.0 Å². The zero-order valence-electron chi connectivity index (χ0n) is 13.8. The van der Waals surface area contributed by atoms with E-state index >= 15 is 0 Å². The summed E-state index contributed by atoms with van der Waals surface area (Å²) >= 11 is 0. The van der Waals surface area contributed by atoms with Crippen LogP contribution in [0, 0.1) is 0 Å². The van der Waals surface area contributed by atoms with Gasteiger partial charge in [0, 0.05) is 23.6 Å². The van der Waals surface area contributed by atoms with E-state index in [1.165, 1.54) is 5.56 Å². The van der Waals surface area contributed by atoms with E-state index in [9.17, 15) is 8.42 Å². The fraction of sp³-hybridized carbons (Fsp3) is 0.529. The molecule has 0 spiro atoms. The van der Waals surface area contributed by atoms with E-state index in [2.05, 4.69) is 30.4 Å². The molecule has 1 saturated heterocycles. The molecule has 6 heteroatoms. The van der Waals surface area contributed by atoms with E-state index in [1.54, 1.807) is 0 Å². The Morgan fingerprint density at radius 3 is 2.78 bits per heavy atom. The third-order valence-corrected chi connectivity index (χ3v) is 6.37.